The Bertz CT molecular complexity index is 599. The Hall–Kier alpha value is -1.16. The number of nitrogens with two attached hydrogens (primary N) is 1. The maximum atomic E-state index is 6.26. The molecule has 1 aromatic carbocycles. The molecule has 0 amide bonds. The highest BCUT2D eigenvalue weighted by atomic mass is 35.5. The number of aromatic nitrogens is 1. The van der Waals surface area contributed by atoms with E-state index in [9.17, 15) is 0 Å². The predicted octanol–water partition coefficient (Wildman–Crippen LogP) is 2.84. The van der Waals surface area contributed by atoms with Crippen molar-refractivity contribution in [2.45, 2.75) is 12.5 Å². The molecule has 0 bridgehead atoms. The fourth-order valence-corrected chi connectivity index (χ4v) is 3.38. The van der Waals surface area contributed by atoms with E-state index in [-0.39, 0.29) is 0 Å². The molecule has 0 spiro atoms. The molecular formula is C15H18ClN3. The molecule has 2 N–H and O–H groups in total. The van der Waals surface area contributed by atoms with Crippen molar-refractivity contribution in [3.8, 4) is 0 Å². The third kappa shape index (κ3) is 2.12. The van der Waals surface area contributed by atoms with Crippen molar-refractivity contribution in [2.24, 2.45) is 11.7 Å². The molecule has 0 saturated carbocycles. The van der Waals surface area contributed by atoms with Crippen molar-refractivity contribution < 1.29 is 0 Å². The highest BCUT2D eigenvalue weighted by molar-refractivity contribution is 6.35. The highest BCUT2D eigenvalue weighted by Gasteiger charge is 2.33. The van der Waals surface area contributed by atoms with Crippen molar-refractivity contribution in [1.82, 2.24) is 9.88 Å². The third-order valence-electron chi connectivity index (χ3n) is 4.14. The lowest BCUT2D eigenvalue weighted by atomic mass is 9.92. The molecule has 1 aliphatic heterocycles. The first-order valence-corrected chi connectivity index (χ1v) is 7.03. The summed E-state index contributed by atoms with van der Waals surface area (Å²) in [5, 5.41) is 1.79. The van der Waals surface area contributed by atoms with Crippen LogP contribution in [0.3, 0.4) is 0 Å². The van der Waals surface area contributed by atoms with Gasteiger partial charge in [-0.3, -0.25) is 9.88 Å². The van der Waals surface area contributed by atoms with Gasteiger partial charge >= 0.3 is 0 Å². The number of pyridine rings is 1. The first-order chi connectivity index (χ1) is 9.22. The normalized spacial score (nSPS) is 24.2. The predicted molar refractivity (Wildman–Crippen MR) is 79.3 cm³/mol. The SMILES string of the molecule is CN1CCC(CN)C1c1ccc(Cl)c2cccnc12. The maximum absolute atomic E-state index is 6.26. The van der Waals surface area contributed by atoms with Crippen LogP contribution in [0, 0.1) is 5.92 Å². The number of hydrogen-bond donors (Lipinski definition) is 1. The third-order valence-corrected chi connectivity index (χ3v) is 4.47. The Labute approximate surface area is 118 Å². The second-order valence-corrected chi connectivity index (χ2v) is 5.65. The van der Waals surface area contributed by atoms with Gasteiger partial charge in [0.2, 0.25) is 0 Å². The van der Waals surface area contributed by atoms with Gasteiger partial charge in [-0.1, -0.05) is 17.7 Å². The molecular weight excluding hydrogens is 258 g/mol. The van der Waals surface area contributed by atoms with Crippen molar-refractivity contribution in [3.05, 3.63) is 41.0 Å². The molecule has 2 atom stereocenters. The van der Waals surface area contributed by atoms with Crippen LogP contribution in [0.25, 0.3) is 10.9 Å². The molecule has 1 aromatic heterocycles. The number of fused-ring (bicyclic) bond motifs is 1. The van der Waals surface area contributed by atoms with Crippen molar-refractivity contribution >= 4 is 22.5 Å². The molecule has 100 valence electrons. The van der Waals surface area contributed by atoms with Gasteiger partial charge in [-0.05, 0) is 56.2 Å². The van der Waals surface area contributed by atoms with E-state index in [0.29, 0.717) is 18.5 Å². The number of likely N-dealkylation sites (tertiary alicyclic amines) is 1. The fourth-order valence-electron chi connectivity index (χ4n) is 3.16. The topological polar surface area (TPSA) is 42.1 Å². The molecule has 4 heteroatoms. The van der Waals surface area contributed by atoms with Crippen LogP contribution in [0.4, 0.5) is 0 Å². The Balaban J connectivity index is 2.17. The van der Waals surface area contributed by atoms with Crippen LogP contribution in [-0.4, -0.2) is 30.0 Å². The van der Waals surface area contributed by atoms with E-state index in [1.807, 2.05) is 24.4 Å². The zero-order chi connectivity index (χ0) is 13.4. The monoisotopic (exact) mass is 275 g/mol. The van der Waals surface area contributed by atoms with Crippen molar-refractivity contribution in [2.75, 3.05) is 20.1 Å². The van der Waals surface area contributed by atoms with Crippen LogP contribution in [-0.2, 0) is 0 Å². The Morgan fingerprint density at radius 1 is 1.42 bits per heavy atom. The van der Waals surface area contributed by atoms with E-state index in [4.69, 9.17) is 17.3 Å². The lowest BCUT2D eigenvalue weighted by molar-refractivity contribution is 0.281. The quantitative estimate of drug-likeness (QED) is 0.916. The number of rotatable bonds is 2. The highest BCUT2D eigenvalue weighted by Crippen LogP contribution is 2.39. The standard InChI is InChI=1S/C15H18ClN3/c1-19-8-6-10(9-17)15(19)12-4-5-13(16)11-3-2-7-18-14(11)12/h2-5,7,10,15H,6,8-9,17H2,1H3. The molecule has 2 unspecified atom stereocenters. The Morgan fingerprint density at radius 2 is 2.26 bits per heavy atom. The average molecular weight is 276 g/mol. The molecule has 0 aliphatic carbocycles. The molecule has 19 heavy (non-hydrogen) atoms. The van der Waals surface area contributed by atoms with Crippen LogP contribution >= 0.6 is 11.6 Å². The molecule has 3 nitrogen and oxygen atoms in total. The first kappa shape index (κ1) is 12.9. The summed E-state index contributed by atoms with van der Waals surface area (Å²) >= 11 is 6.26. The smallest absolute Gasteiger partial charge is 0.0764 e. The van der Waals surface area contributed by atoms with E-state index in [0.717, 1.165) is 28.9 Å². The van der Waals surface area contributed by atoms with E-state index >= 15 is 0 Å². The molecule has 0 radical (unpaired) electrons. The molecule has 1 saturated heterocycles. The molecule has 3 rings (SSSR count). The molecule has 1 aliphatic rings. The van der Waals surface area contributed by atoms with Crippen LogP contribution in [0.1, 0.15) is 18.0 Å². The molecule has 1 fully saturated rings. The summed E-state index contributed by atoms with van der Waals surface area (Å²) in [5.74, 6) is 0.497. The summed E-state index contributed by atoms with van der Waals surface area (Å²) in [6, 6.07) is 8.38. The van der Waals surface area contributed by atoms with Gasteiger partial charge in [0.25, 0.3) is 0 Å². The van der Waals surface area contributed by atoms with Crippen LogP contribution in [0.2, 0.25) is 5.02 Å². The minimum atomic E-state index is 0.347. The summed E-state index contributed by atoms with van der Waals surface area (Å²) in [6.45, 7) is 1.80. The van der Waals surface area contributed by atoms with E-state index < -0.39 is 0 Å². The van der Waals surface area contributed by atoms with Gasteiger partial charge in [-0.15, -0.1) is 0 Å². The zero-order valence-electron chi connectivity index (χ0n) is 11.0. The van der Waals surface area contributed by atoms with Crippen molar-refractivity contribution in [1.29, 1.82) is 0 Å². The van der Waals surface area contributed by atoms with E-state index in [2.05, 4.69) is 23.0 Å². The van der Waals surface area contributed by atoms with E-state index in [1.165, 1.54) is 5.56 Å². The van der Waals surface area contributed by atoms with Gasteiger partial charge in [0, 0.05) is 22.6 Å². The van der Waals surface area contributed by atoms with Gasteiger partial charge in [0.05, 0.1) is 5.52 Å². The summed E-state index contributed by atoms with van der Waals surface area (Å²) in [6.07, 6.45) is 2.98. The van der Waals surface area contributed by atoms with Gasteiger partial charge in [0.15, 0.2) is 0 Å². The number of halogens is 1. The number of hydrogen-bond acceptors (Lipinski definition) is 3. The van der Waals surface area contributed by atoms with Gasteiger partial charge in [0.1, 0.15) is 0 Å². The Morgan fingerprint density at radius 3 is 3.05 bits per heavy atom. The summed E-state index contributed by atoms with van der Waals surface area (Å²) in [7, 11) is 2.16. The van der Waals surface area contributed by atoms with Crippen molar-refractivity contribution in [3.63, 3.8) is 0 Å². The van der Waals surface area contributed by atoms with Gasteiger partial charge < -0.3 is 5.73 Å². The second kappa shape index (κ2) is 5.08. The van der Waals surface area contributed by atoms with Crippen LogP contribution in [0.15, 0.2) is 30.5 Å². The lowest BCUT2D eigenvalue weighted by Crippen LogP contribution is -2.25. The summed E-state index contributed by atoms with van der Waals surface area (Å²) < 4.78 is 0. The molecule has 2 aromatic rings. The average Bonchev–Trinajstić information content (AvgIpc) is 2.81. The minimum Gasteiger partial charge on any atom is -0.330 e. The van der Waals surface area contributed by atoms with Gasteiger partial charge in [-0.25, -0.2) is 0 Å². The summed E-state index contributed by atoms with van der Waals surface area (Å²) in [4.78, 5) is 6.91. The maximum Gasteiger partial charge on any atom is 0.0764 e. The lowest BCUT2D eigenvalue weighted by Gasteiger charge is -2.25. The zero-order valence-corrected chi connectivity index (χ0v) is 11.8. The number of nitrogens with zero attached hydrogens (tertiary/aromatic N) is 2. The van der Waals surface area contributed by atoms with Gasteiger partial charge in [-0.2, -0.15) is 0 Å². The number of benzene rings is 1. The minimum absolute atomic E-state index is 0.347. The largest absolute Gasteiger partial charge is 0.330 e. The first-order valence-electron chi connectivity index (χ1n) is 6.66. The van der Waals surface area contributed by atoms with Crippen LogP contribution in [0.5, 0.6) is 0 Å². The van der Waals surface area contributed by atoms with Crippen LogP contribution < -0.4 is 5.73 Å². The second-order valence-electron chi connectivity index (χ2n) is 5.25. The Kier molecular flexibility index (Phi) is 3.44. The molecule has 2 heterocycles. The van der Waals surface area contributed by atoms with E-state index in [1.54, 1.807) is 0 Å². The summed E-state index contributed by atoms with van der Waals surface area (Å²) in [5.41, 5.74) is 8.18. The fraction of sp³-hybridized carbons (Fsp3) is 0.400.